The summed E-state index contributed by atoms with van der Waals surface area (Å²) in [6.07, 6.45) is 0. The number of carbonyl (C=O) groups is 2. The van der Waals surface area contributed by atoms with Crippen LogP contribution < -0.4 is 10.9 Å². The van der Waals surface area contributed by atoms with Crippen LogP contribution in [0.3, 0.4) is 0 Å². The highest BCUT2D eigenvalue weighted by Crippen LogP contribution is 2.28. The summed E-state index contributed by atoms with van der Waals surface area (Å²) in [5, 5.41) is 0. The van der Waals surface area contributed by atoms with E-state index in [9.17, 15) is 9.59 Å². The summed E-state index contributed by atoms with van der Waals surface area (Å²) in [6.45, 7) is 4.53. The van der Waals surface area contributed by atoms with Gasteiger partial charge in [0.05, 0.1) is 31.1 Å². The molecule has 0 radical (unpaired) electrons. The second-order valence-corrected chi connectivity index (χ2v) is 6.99. The third kappa shape index (κ3) is 3.40. The minimum absolute atomic E-state index is 0.0115. The van der Waals surface area contributed by atoms with E-state index in [-0.39, 0.29) is 29.7 Å². The lowest BCUT2D eigenvalue weighted by atomic mass is 9.83. The second-order valence-electron chi connectivity index (χ2n) is 6.99. The van der Waals surface area contributed by atoms with Crippen molar-refractivity contribution < 1.29 is 14.3 Å². The van der Waals surface area contributed by atoms with E-state index >= 15 is 0 Å². The Kier molecular flexibility index (Phi) is 4.70. The molecule has 7 nitrogen and oxygen atoms in total. The standard InChI is InChI=1S/C18H24N4O3/c23-17-14-11-21(10-13-4-2-1-3-5-13)12-15(16(14)19-20-17)18(24)22-6-8-25-9-7-22/h1-5,14-16,19H,6-12H2,(H,20,23). The maximum absolute atomic E-state index is 13.1. The van der Waals surface area contributed by atoms with Gasteiger partial charge in [-0.3, -0.25) is 19.9 Å². The molecule has 4 rings (SSSR count). The fourth-order valence-corrected chi connectivity index (χ4v) is 4.05. The van der Waals surface area contributed by atoms with Crippen molar-refractivity contribution >= 4 is 11.8 Å². The lowest BCUT2D eigenvalue weighted by Crippen LogP contribution is -2.58. The number of carbonyl (C=O) groups excluding carboxylic acids is 2. The van der Waals surface area contributed by atoms with Crippen LogP contribution in [0.5, 0.6) is 0 Å². The first-order valence-electron chi connectivity index (χ1n) is 8.90. The molecule has 3 aliphatic rings. The lowest BCUT2D eigenvalue weighted by Gasteiger charge is -2.41. The van der Waals surface area contributed by atoms with Gasteiger partial charge in [-0.2, -0.15) is 0 Å². The number of morpholine rings is 1. The molecule has 0 saturated carbocycles. The van der Waals surface area contributed by atoms with Crippen molar-refractivity contribution in [2.75, 3.05) is 39.4 Å². The summed E-state index contributed by atoms with van der Waals surface area (Å²) >= 11 is 0. The van der Waals surface area contributed by atoms with Gasteiger partial charge in [0.15, 0.2) is 0 Å². The van der Waals surface area contributed by atoms with Crippen LogP contribution in [0.25, 0.3) is 0 Å². The molecule has 7 heteroatoms. The molecule has 3 aliphatic heterocycles. The normalized spacial score (nSPS) is 30.0. The van der Waals surface area contributed by atoms with Crippen LogP contribution in [0.1, 0.15) is 5.56 Å². The summed E-state index contributed by atoms with van der Waals surface area (Å²) in [5.74, 6) is -0.297. The molecule has 3 unspecified atom stereocenters. The summed E-state index contributed by atoms with van der Waals surface area (Å²) in [5.41, 5.74) is 6.98. The number of nitrogens with zero attached hydrogens (tertiary/aromatic N) is 2. The van der Waals surface area contributed by atoms with Crippen molar-refractivity contribution in [3.63, 3.8) is 0 Å². The Bertz CT molecular complexity index is 632. The van der Waals surface area contributed by atoms with E-state index in [4.69, 9.17) is 4.74 Å². The number of ether oxygens (including phenoxy) is 1. The molecule has 0 bridgehead atoms. The summed E-state index contributed by atoms with van der Waals surface area (Å²) < 4.78 is 5.35. The average Bonchev–Trinajstić information content (AvgIpc) is 3.03. The van der Waals surface area contributed by atoms with Gasteiger partial charge < -0.3 is 9.64 Å². The topological polar surface area (TPSA) is 73.9 Å². The minimum Gasteiger partial charge on any atom is -0.378 e. The van der Waals surface area contributed by atoms with Crippen LogP contribution in [0.2, 0.25) is 0 Å². The Morgan fingerprint density at radius 3 is 2.68 bits per heavy atom. The van der Waals surface area contributed by atoms with Gasteiger partial charge in [0.25, 0.3) is 0 Å². The zero-order valence-electron chi connectivity index (χ0n) is 14.2. The first-order chi connectivity index (χ1) is 12.2. The third-order valence-electron chi connectivity index (χ3n) is 5.36. The molecular weight excluding hydrogens is 320 g/mol. The summed E-state index contributed by atoms with van der Waals surface area (Å²) in [6, 6.07) is 10.1. The van der Waals surface area contributed by atoms with E-state index in [2.05, 4.69) is 27.9 Å². The van der Waals surface area contributed by atoms with Gasteiger partial charge in [-0.1, -0.05) is 30.3 Å². The predicted octanol–water partition coefficient (Wildman–Crippen LogP) is -0.404. The molecule has 3 saturated heterocycles. The Balaban J connectivity index is 1.51. The molecule has 3 atom stereocenters. The van der Waals surface area contributed by atoms with E-state index in [0.29, 0.717) is 39.4 Å². The molecule has 3 fully saturated rings. The van der Waals surface area contributed by atoms with Crippen LogP contribution in [0.15, 0.2) is 30.3 Å². The van der Waals surface area contributed by atoms with Crippen molar-refractivity contribution in [1.29, 1.82) is 0 Å². The van der Waals surface area contributed by atoms with E-state index in [1.807, 2.05) is 23.1 Å². The summed E-state index contributed by atoms with van der Waals surface area (Å²) in [7, 11) is 0. The monoisotopic (exact) mass is 344 g/mol. The molecule has 134 valence electrons. The highest BCUT2D eigenvalue weighted by atomic mass is 16.5. The highest BCUT2D eigenvalue weighted by molar-refractivity contribution is 5.86. The maximum atomic E-state index is 13.1. The van der Waals surface area contributed by atoms with Crippen LogP contribution in [0.4, 0.5) is 0 Å². The fraction of sp³-hybridized carbons (Fsp3) is 0.556. The maximum Gasteiger partial charge on any atom is 0.240 e. The van der Waals surface area contributed by atoms with Gasteiger partial charge in [-0.15, -0.1) is 0 Å². The SMILES string of the molecule is O=C1NNC2C1CN(Cc1ccccc1)CC2C(=O)N1CCOCC1. The highest BCUT2D eigenvalue weighted by Gasteiger charge is 2.48. The van der Waals surface area contributed by atoms with Crippen LogP contribution >= 0.6 is 0 Å². The molecule has 2 amide bonds. The number of hydrogen-bond acceptors (Lipinski definition) is 5. The van der Waals surface area contributed by atoms with Crippen LogP contribution in [-0.2, 0) is 20.9 Å². The fourth-order valence-electron chi connectivity index (χ4n) is 4.05. The molecule has 1 aromatic rings. The quantitative estimate of drug-likeness (QED) is 0.780. The zero-order valence-corrected chi connectivity index (χ0v) is 14.2. The van der Waals surface area contributed by atoms with E-state index in [1.165, 1.54) is 5.56 Å². The smallest absolute Gasteiger partial charge is 0.240 e. The molecule has 3 heterocycles. The number of hydrazine groups is 1. The van der Waals surface area contributed by atoms with E-state index in [1.54, 1.807) is 0 Å². The lowest BCUT2D eigenvalue weighted by molar-refractivity contribution is -0.143. The van der Waals surface area contributed by atoms with Gasteiger partial charge >= 0.3 is 0 Å². The molecule has 0 aromatic heterocycles. The number of rotatable bonds is 3. The van der Waals surface area contributed by atoms with E-state index in [0.717, 1.165) is 6.54 Å². The number of benzene rings is 1. The molecule has 2 N–H and O–H groups in total. The number of likely N-dealkylation sites (tertiary alicyclic amines) is 1. The predicted molar refractivity (Wildman–Crippen MR) is 91.2 cm³/mol. The first kappa shape index (κ1) is 16.5. The molecule has 0 aliphatic carbocycles. The second kappa shape index (κ2) is 7.11. The molecule has 25 heavy (non-hydrogen) atoms. The van der Waals surface area contributed by atoms with Gasteiger partial charge in [0, 0.05) is 32.7 Å². The molecular formula is C18H24N4O3. The van der Waals surface area contributed by atoms with Gasteiger partial charge in [0.1, 0.15) is 0 Å². The first-order valence-corrected chi connectivity index (χ1v) is 8.90. The Hall–Kier alpha value is -1.96. The Labute approximate surface area is 147 Å². The van der Waals surface area contributed by atoms with Crippen molar-refractivity contribution in [2.45, 2.75) is 12.6 Å². The third-order valence-corrected chi connectivity index (χ3v) is 5.36. The summed E-state index contributed by atoms with van der Waals surface area (Å²) in [4.78, 5) is 29.4. The number of piperidine rings is 1. The number of nitrogens with one attached hydrogen (secondary N) is 2. The van der Waals surface area contributed by atoms with Gasteiger partial charge in [0.2, 0.25) is 11.8 Å². The van der Waals surface area contributed by atoms with Crippen molar-refractivity contribution in [3.8, 4) is 0 Å². The molecule has 0 spiro atoms. The van der Waals surface area contributed by atoms with Gasteiger partial charge in [-0.25, -0.2) is 5.43 Å². The largest absolute Gasteiger partial charge is 0.378 e. The zero-order chi connectivity index (χ0) is 17.2. The van der Waals surface area contributed by atoms with Crippen molar-refractivity contribution in [3.05, 3.63) is 35.9 Å². The van der Waals surface area contributed by atoms with Crippen LogP contribution in [-0.4, -0.2) is 67.0 Å². The number of fused-ring (bicyclic) bond motifs is 1. The van der Waals surface area contributed by atoms with Crippen LogP contribution in [0, 0.1) is 11.8 Å². The van der Waals surface area contributed by atoms with Gasteiger partial charge in [-0.05, 0) is 5.56 Å². The van der Waals surface area contributed by atoms with Crippen molar-refractivity contribution in [1.82, 2.24) is 20.7 Å². The average molecular weight is 344 g/mol. The minimum atomic E-state index is -0.223. The number of amides is 2. The van der Waals surface area contributed by atoms with E-state index < -0.39 is 0 Å². The Morgan fingerprint density at radius 2 is 1.92 bits per heavy atom. The Morgan fingerprint density at radius 1 is 1.16 bits per heavy atom. The number of hydrogen-bond donors (Lipinski definition) is 2. The molecule has 1 aromatic carbocycles. The van der Waals surface area contributed by atoms with Crippen molar-refractivity contribution in [2.24, 2.45) is 11.8 Å².